The molecule has 6 nitrogen and oxygen atoms in total. The molecular formula is C24H30O6. The maximum Gasteiger partial charge on any atom is 0.231 e. The van der Waals surface area contributed by atoms with Crippen LogP contribution in [0.4, 0.5) is 0 Å². The standard InChI is InChI=1S/C24H30O6/c1-15(25)3-6-19(9-17-4-7-21-23(11-17)29-13-27-21)20(16(2)26)10-18-5-8-22-24(12-18)30-14-28-22/h4-5,7-8,11-12,15-16,19-20,25-26H,3,6,9-10,13-14H2,1-2H3/t15-,16-,19+,20-/m0/s1. The summed E-state index contributed by atoms with van der Waals surface area (Å²) in [6, 6.07) is 12.0. The molecule has 0 aromatic heterocycles. The molecule has 2 heterocycles. The monoisotopic (exact) mass is 414 g/mol. The van der Waals surface area contributed by atoms with E-state index in [9.17, 15) is 10.2 Å². The van der Waals surface area contributed by atoms with Gasteiger partial charge in [0, 0.05) is 0 Å². The Morgan fingerprint density at radius 3 is 1.80 bits per heavy atom. The summed E-state index contributed by atoms with van der Waals surface area (Å²) in [5, 5.41) is 20.6. The van der Waals surface area contributed by atoms with E-state index >= 15 is 0 Å². The van der Waals surface area contributed by atoms with Crippen molar-refractivity contribution in [2.75, 3.05) is 13.6 Å². The van der Waals surface area contributed by atoms with Crippen molar-refractivity contribution in [1.82, 2.24) is 0 Å². The van der Waals surface area contributed by atoms with Crippen LogP contribution in [0.25, 0.3) is 0 Å². The summed E-state index contributed by atoms with van der Waals surface area (Å²) in [4.78, 5) is 0. The predicted molar refractivity (Wildman–Crippen MR) is 112 cm³/mol. The molecule has 2 aromatic carbocycles. The van der Waals surface area contributed by atoms with E-state index in [4.69, 9.17) is 18.9 Å². The van der Waals surface area contributed by atoms with Gasteiger partial charge in [0.25, 0.3) is 0 Å². The Hall–Kier alpha value is -2.44. The second kappa shape index (κ2) is 9.14. The van der Waals surface area contributed by atoms with Crippen LogP contribution in [-0.2, 0) is 12.8 Å². The highest BCUT2D eigenvalue weighted by molar-refractivity contribution is 5.45. The smallest absolute Gasteiger partial charge is 0.231 e. The van der Waals surface area contributed by atoms with Crippen LogP contribution in [-0.4, -0.2) is 36.0 Å². The van der Waals surface area contributed by atoms with E-state index < -0.39 is 6.10 Å². The molecule has 0 saturated heterocycles. The van der Waals surface area contributed by atoms with Crippen LogP contribution in [0.5, 0.6) is 23.0 Å². The number of rotatable bonds is 9. The van der Waals surface area contributed by atoms with Crippen LogP contribution in [0.15, 0.2) is 36.4 Å². The minimum absolute atomic E-state index is 0.0366. The van der Waals surface area contributed by atoms with Crippen molar-refractivity contribution in [2.24, 2.45) is 11.8 Å². The number of ether oxygens (including phenoxy) is 4. The van der Waals surface area contributed by atoms with Crippen molar-refractivity contribution in [1.29, 1.82) is 0 Å². The van der Waals surface area contributed by atoms with Crippen LogP contribution < -0.4 is 18.9 Å². The maximum atomic E-state index is 10.7. The van der Waals surface area contributed by atoms with Crippen LogP contribution in [0.3, 0.4) is 0 Å². The normalized spacial score (nSPS) is 18.1. The Morgan fingerprint density at radius 2 is 1.27 bits per heavy atom. The van der Waals surface area contributed by atoms with E-state index in [2.05, 4.69) is 6.07 Å². The molecule has 4 rings (SSSR count). The largest absolute Gasteiger partial charge is 0.454 e. The average Bonchev–Trinajstić information content (AvgIpc) is 3.37. The van der Waals surface area contributed by atoms with Gasteiger partial charge in [-0.05, 0) is 86.8 Å². The van der Waals surface area contributed by atoms with Gasteiger partial charge in [-0.1, -0.05) is 12.1 Å². The molecule has 0 unspecified atom stereocenters. The third-order valence-electron chi connectivity index (χ3n) is 6.02. The summed E-state index contributed by atoms with van der Waals surface area (Å²) in [5.41, 5.74) is 2.25. The van der Waals surface area contributed by atoms with Crippen molar-refractivity contribution in [2.45, 2.75) is 51.7 Å². The van der Waals surface area contributed by atoms with Crippen LogP contribution >= 0.6 is 0 Å². The van der Waals surface area contributed by atoms with E-state index in [1.165, 1.54) is 0 Å². The second-order valence-electron chi connectivity index (χ2n) is 8.37. The minimum atomic E-state index is -0.483. The summed E-state index contributed by atoms with van der Waals surface area (Å²) >= 11 is 0. The van der Waals surface area contributed by atoms with Gasteiger partial charge in [0.15, 0.2) is 23.0 Å². The SMILES string of the molecule is C[C@H](O)CC[C@H](Cc1ccc2c(c1)OCO2)[C@@H](Cc1ccc2c(c1)OCO2)[C@H](C)O. The molecule has 0 radical (unpaired) electrons. The minimum Gasteiger partial charge on any atom is -0.454 e. The first kappa shape index (κ1) is 20.8. The zero-order valence-electron chi connectivity index (χ0n) is 17.5. The van der Waals surface area contributed by atoms with E-state index in [-0.39, 0.29) is 31.5 Å². The molecule has 0 amide bonds. The molecule has 4 atom stereocenters. The lowest BCUT2D eigenvalue weighted by Gasteiger charge is -2.30. The molecule has 0 aliphatic carbocycles. The Balaban J connectivity index is 1.54. The van der Waals surface area contributed by atoms with Crippen molar-refractivity contribution in [3.8, 4) is 23.0 Å². The maximum absolute atomic E-state index is 10.7. The highest BCUT2D eigenvalue weighted by Gasteiger charge is 2.28. The van der Waals surface area contributed by atoms with Crippen molar-refractivity contribution in [3.05, 3.63) is 47.5 Å². The van der Waals surface area contributed by atoms with Gasteiger partial charge in [-0.3, -0.25) is 0 Å². The number of hydrogen-bond donors (Lipinski definition) is 2. The fourth-order valence-electron chi connectivity index (χ4n) is 4.36. The van der Waals surface area contributed by atoms with E-state index in [0.29, 0.717) is 6.42 Å². The molecule has 0 spiro atoms. The third-order valence-corrected chi connectivity index (χ3v) is 6.02. The number of hydrogen-bond acceptors (Lipinski definition) is 6. The van der Waals surface area contributed by atoms with E-state index in [1.54, 1.807) is 0 Å². The highest BCUT2D eigenvalue weighted by Crippen LogP contribution is 2.37. The number of benzene rings is 2. The van der Waals surface area contributed by atoms with Gasteiger partial charge in [0.05, 0.1) is 12.2 Å². The summed E-state index contributed by atoms with van der Waals surface area (Å²) in [7, 11) is 0. The molecule has 30 heavy (non-hydrogen) atoms. The van der Waals surface area contributed by atoms with Gasteiger partial charge in [-0.2, -0.15) is 0 Å². The van der Waals surface area contributed by atoms with Crippen molar-refractivity contribution in [3.63, 3.8) is 0 Å². The lowest BCUT2D eigenvalue weighted by Crippen LogP contribution is -2.30. The van der Waals surface area contributed by atoms with E-state index in [1.807, 2.05) is 44.2 Å². The summed E-state index contributed by atoms with van der Waals surface area (Å²) in [6.45, 7) is 4.17. The van der Waals surface area contributed by atoms with Gasteiger partial charge in [0.2, 0.25) is 13.6 Å². The summed E-state index contributed by atoms with van der Waals surface area (Å²) in [6.07, 6.45) is 2.19. The van der Waals surface area contributed by atoms with E-state index in [0.717, 1.165) is 53.4 Å². The molecule has 6 heteroatoms. The molecular weight excluding hydrogens is 384 g/mol. The molecule has 162 valence electrons. The first-order valence-electron chi connectivity index (χ1n) is 10.6. The summed E-state index contributed by atoms with van der Waals surface area (Å²) in [5.74, 6) is 3.30. The Bertz CT molecular complexity index is 863. The second-order valence-corrected chi connectivity index (χ2v) is 8.37. The fourth-order valence-corrected chi connectivity index (χ4v) is 4.36. The Labute approximate surface area is 177 Å². The topological polar surface area (TPSA) is 77.4 Å². The number of aliphatic hydroxyl groups is 2. The summed E-state index contributed by atoms with van der Waals surface area (Å²) < 4.78 is 21.9. The van der Waals surface area contributed by atoms with Gasteiger partial charge >= 0.3 is 0 Å². The van der Waals surface area contributed by atoms with Gasteiger partial charge in [-0.15, -0.1) is 0 Å². The zero-order valence-corrected chi connectivity index (χ0v) is 17.5. The molecule has 2 N–H and O–H groups in total. The molecule has 2 aliphatic rings. The first-order chi connectivity index (χ1) is 14.5. The number of fused-ring (bicyclic) bond motifs is 2. The predicted octanol–water partition coefficient (Wildman–Crippen LogP) is 3.70. The zero-order chi connectivity index (χ0) is 21.1. The number of aliphatic hydroxyl groups excluding tert-OH is 2. The Kier molecular flexibility index (Phi) is 6.35. The van der Waals surface area contributed by atoms with Gasteiger partial charge in [0.1, 0.15) is 0 Å². The highest BCUT2D eigenvalue weighted by atomic mass is 16.7. The average molecular weight is 414 g/mol. The van der Waals surface area contributed by atoms with Gasteiger partial charge < -0.3 is 29.2 Å². The molecule has 0 bridgehead atoms. The Morgan fingerprint density at radius 1 is 0.733 bits per heavy atom. The van der Waals surface area contributed by atoms with Gasteiger partial charge in [-0.25, -0.2) is 0 Å². The third kappa shape index (κ3) is 4.82. The van der Waals surface area contributed by atoms with Crippen molar-refractivity contribution >= 4 is 0 Å². The quantitative estimate of drug-likeness (QED) is 0.652. The van der Waals surface area contributed by atoms with Crippen LogP contribution in [0.1, 0.15) is 37.8 Å². The van der Waals surface area contributed by atoms with Crippen molar-refractivity contribution < 1.29 is 29.2 Å². The fraction of sp³-hybridized carbons (Fsp3) is 0.500. The molecule has 2 aliphatic heterocycles. The molecule has 0 fully saturated rings. The lowest BCUT2D eigenvalue weighted by atomic mass is 9.77. The van der Waals surface area contributed by atoms with Crippen LogP contribution in [0, 0.1) is 11.8 Å². The molecule has 2 aromatic rings. The lowest BCUT2D eigenvalue weighted by molar-refractivity contribution is 0.0751. The van der Waals surface area contributed by atoms with Crippen LogP contribution in [0.2, 0.25) is 0 Å². The molecule has 0 saturated carbocycles. The first-order valence-corrected chi connectivity index (χ1v) is 10.6.